The van der Waals surface area contributed by atoms with E-state index in [2.05, 4.69) is 13.8 Å². The van der Waals surface area contributed by atoms with Gasteiger partial charge in [0.1, 0.15) is 11.5 Å². The molecule has 4 aromatic carbocycles. The topological polar surface area (TPSA) is 83.0 Å². The smallest absolute Gasteiger partial charge is 0.579 e. The molecule has 0 bridgehead atoms. The predicted octanol–water partition coefficient (Wildman–Crippen LogP) is 9.22. The molecule has 2 aliphatic rings. The molecular formula is C44H42FeO6. The largest absolute Gasteiger partial charge is 2.00 e. The van der Waals surface area contributed by atoms with Crippen LogP contribution in [0, 0.1) is 0 Å². The van der Waals surface area contributed by atoms with E-state index in [0.29, 0.717) is 22.6 Å². The first-order valence-corrected chi connectivity index (χ1v) is 17.1. The fraction of sp³-hybridized carbons (Fsp3) is 0.182. The second kappa shape index (κ2) is 20.3. The first-order valence-electron chi connectivity index (χ1n) is 17.1. The van der Waals surface area contributed by atoms with Gasteiger partial charge in [-0.3, -0.25) is 0 Å². The molecule has 0 aliphatic heterocycles. The van der Waals surface area contributed by atoms with Crippen molar-refractivity contribution in [2.75, 3.05) is 13.2 Å². The predicted molar refractivity (Wildman–Crippen MR) is 196 cm³/mol. The molecule has 6 nitrogen and oxygen atoms in total. The van der Waals surface area contributed by atoms with Crippen molar-refractivity contribution in [1.82, 2.24) is 0 Å². The number of rotatable bonds is 14. The zero-order valence-corrected chi connectivity index (χ0v) is 30.0. The summed E-state index contributed by atoms with van der Waals surface area (Å²) in [7, 11) is 0. The van der Waals surface area contributed by atoms with E-state index < -0.39 is 0 Å². The van der Waals surface area contributed by atoms with Crippen LogP contribution in [0.25, 0.3) is 22.3 Å². The normalized spacial score (nSPS) is 12.2. The van der Waals surface area contributed by atoms with Gasteiger partial charge in [0.25, 0.3) is 0 Å². The molecule has 4 aromatic rings. The summed E-state index contributed by atoms with van der Waals surface area (Å²) in [4.78, 5) is 0. The number of unbranched alkanes of at least 4 members (excludes halogenated alkanes) is 2. The van der Waals surface area contributed by atoms with Crippen LogP contribution >= 0.6 is 0 Å². The Hall–Kier alpha value is -5.36. The number of ether oxygens (including phenoxy) is 4. The molecule has 0 amide bonds. The molecule has 0 heterocycles. The van der Waals surface area contributed by atoms with Gasteiger partial charge in [0, 0.05) is 11.5 Å². The Balaban J connectivity index is 0.000000224. The van der Waals surface area contributed by atoms with E-state index in [1.807, 2.05) is 121 Å². The first-order chi connectivity index (χ1) is 24.5. The Morgan fingerprint density at radius 3 is 0.980 bits per heavy atom. The molecule has 51 heavy (non-hydrogen) atoms. The molecule has 0 radical (unpaired) electrons. The quantitative estimate of drug-likeness (QED) is 0.0734. The van der Waals surface area contributed by atoms with E-state index in [4.69, 9.17) is 18.9 Å². The van der Waals surface area contributed by atoms with Crippen LogP contribution in [-0.4, -0.2) is 13.2 Å². The molecule has 6 rings (SSSR count). The van der Waals surface area contributed by atoms with Crippen LogP contribution in [0.5, 0.6) is 23.0 Å². The third-order valence-corrected chi connectivity index (χ3v) is 7.84. The van der Waals surface area contributed by atoms with Gasteiger partial charge in [-0.15, -0.1) is 0 Å². The summed E-state index contributed by atoms with van der Waals surface area (Å²) >= 11 is 0. The van der Waals surface area contributed by atoms with E-state index in [0.717, 1.165) is 72.6 Å². The van der Waals surface area contributed by atoms with Crippen LogP contribution in [0.15, 0.2) is 169 Å². The third kappa shape index (κ3) is 11.9. The first kappa shape index (κ1) is 38.4. The Morgan fingerprint density at radius 2 is 0.706 bits per heavy atom. The fourth-order valence-corrected chi connectivity index (χ4v) is 4.94. The standard InChI is InChI=1S/2C22H22O3.Fe/c2*1-2-3-16-24-20-12-8-17(9-13-20)18-10-14-21(15-11-18)25-22(23)19-6-4-5-7-19;/h2*4-15,23H,2-3,16H2,1H3;/q;;+2/p-2. The Bertz CT molecular complexity index is 1680. The van der Waals surface area contributed by atoms with Gasteiger partial charge in [0.15, 0.2) is 0 Å². The zero-order valence-electron chi connectivity index (χ0n) is 28.9. The molecular weight excluding hydrogens is 680 g/mol. The summed E-state index contributed by atoms with van der Waals surface area (Å²) in [5.41, 5.74) is 5.43. The van der Waals surface area contributed by atoms with Gasteiger partial charge in [0.2, 0.25) is 0 Å². The number of hydrogen-bond acceptors (Lipinski definition) is 6. The maximum atomic E-state index is 11.9. The van der Waals surface area contributed by atoms with Gasteiger partial charge in [-0.25, -0.2) is 0 Å². The Labute approximate surface area is 311 Å². The zero-order chi connectivity index (χ0) is 35.0. The van der Waals surface area contributed by atoms with Crippen molar-refractivity contribution in [2.24, 2.45) is 0 Å². The molecule has 0 unspecified atom stereocenters. The van der Waals surface area contributed by atoms with E-state index in [1.54, 1.807) is 24.3 Å². The third-order valence-electron chi connectivity index (χ3n) is 7.84. The summed E-state index contributed by atoms with van der Waals surface area (Å²) in [6, 6.07) is 31.1. The van der Waals surface area contributed by atoms with E-state index >= 15 is 0 Å². The van der Waals surface area contributed by atoms with Crippen LogP contribution in [-0.2, 0) is 17.1 Å². The van der Waals surface area contributed by atoms with Crippen molar-refractivity contribution >= 4 is 0 Å². The summed E-state index contributed by atoms with van der Waals surface area (Å²) in [6.45, 7) is 5.79. The molecule has 0 atom stereocenters. The fourth-order valence-electron chi connectivity index (χ4n) is 4.94. The molecule has 0 N–H and O–H groups in total. The summed E-state index contributed by atoms with van der Waals surface area (Å²) in [6.07, 6.45) is 18.6. The average Bonchev–Trinajstić information content (AvgIpc) is 3.90. The van der Waals surface area contributed by atoms with E-state index in [9.17, 15) is 10.2 Å². The van der Waals surface area contributed by atoms with Crippen molar-refractivity contribution in [3.05, 3.63) is 169 Å². The molecule has 2 aliphatic carbocycles. The molecule has 0 saturated heterocycles. The van der Waals surface area contributed by atoms with Gasteiger partial charge in [-0.2, -0.15) is 0 Å². The maximum absolute atomic E-state index is 11.9. The molecule has 0 saturated carbocycles. The van der Waals surface area contributed by atoms with Crippen molar-refractivity contribution in [3.8, 4) is 45.3 Å². The minimum Gasteiger partial charge on any atom is -0.579 e. The summed E-state index contributed by atoms with van der Waals surface area (Å²) in [5.74, 6) is 2.16. The molecule has 0 spiro atoms. The number of allylic oxidation sites excluding steroid dienone is 10. The van der Waals surface area contributed by atoms with Crippen LogP contribution in [0.1, 0.15) is 39.5 Å². The van der Waals surface area contributed by atoms with Gasteiger partial charge in [0.05, 0.1) is 25.1 Å². The van der Waals surface area contributed by atoms with E-state index in [-0.39, 0.29) is 29.0 Å². The van der Waals surface area contributed by atoms with E-state index in [1.165, 1.54) is 0 Å². The van der Waals surface area contributed by atoms with Crippen molar-refractivity contribution < 1.29 is 46.2 Å². The minimum absolute atomic E-state index is 0. The van der Waals surface area contributed by atoms with Crippen molar-refractivity contribution in [3.63, 3.8) is 0 Å². The van der Waals surface area contributed by atoms with Crippen LogP contribution in [0.2, 0.25) is 0 Å². The molecule has 0 fully saturated rings. The average molecular weight is 723 g/mol. The van der Waals surface area contributed by atoms with Crippen molar-refractivity contribution in [1.29, 1.82) is 0 Å². The SMILES string of the molecule is CCCCOc1ccc(-c2ccc(OC([O-])=C3C=CC=C3)cc2)cc1.CCCCOc1ccc(-c2ccc(OC([O-])=C3C=CC=C3)cc2)cc1.[Fe+2]. The Morgan fingerprint density at radius 1 is 0.431 bits per heavy atom. The van der Waals surface area contributed by atoms with Crippen LogP contribution in [0.4, 0.5) is 0 Å². The Kier molecular flexibility index (Phi) is 15.3. The van der Waals surface area contributed by atoms with Crippen LogP contribution < -0.4 is 29.2 Å². The summed E-state index contributed by atoms with van der Waals surface area (Å²) in [5, 5.41) is 23.9. The molecule has 262 valence electrons. The van der Waals surface area contributed by atoms with Crippen LogP contribution in [0.3, 0.4) is 0 Å². The number of benzene rings is 4. The molecule has 7 heteroatoms. The maximum Gasteiger partial charge on any atom is 2.00 e. The van der Waals surface area contributed by atoms with Gasteiger partial charge < -0.3 is 29.2 Å². The number of hydrogen-bond donors (Lipinski definition) is 0. The van der Waals surface area contributed by atoms with Gasteiger partial charge >= 0.3 is 17.1 Å². The minimum atomic E-state index is -0.341. The molecule has 0 aromatic heterocycles. The summed E-state index contributed by atoms with van der Waals surface area (Å²) < 4.78 is 22.1. The van der Waals surface area contributed by atoms with Gasteiger partial charge in [-0.05, 0) is 94.8 Å². The van der Waals surface area contributed by atoms with Crippen molar-refractivity contribution in [2.45, 2.75) is 39.5 Å². The second-order valence-corrected chi connectivity index (χ2v) is 11.6. The monoisotopic (exact) mass is 722 g/mol. The van der Waals surface area contributed by atoms with Gasteiger partial charge in [-0.1, -0.05) is 124 Å². The second-order valence-electron chi connectivity index (χ2n) is 11.6.